The van der Waals surface area contributed by atoms with Crippen molar-refractivity contribution in [3.8, 4) is 11.8 Å². The zero-order valence-electron chi connectivity index (χ0n) is 7.44. The van der Waals surface area contributed by atoms with Crippen LogP contribution in [0.25, 0.3) is 10.4 Å². The zero-order valence-corrected chi connectivity index (χ0v) is 7.44. The van der Waals surface area contributed by atoms with Crippen molar-refractivity contribution < 1.29 is 0 Å². The predicted octanol–water partition coefficient (Wildman–Crippen LogP) is 1.63. The van der Waals surface area contributed by atoms with Crippen LogP contribution < -0.4 is 11.3 Å². The summed E-state index contributed by atoms with van der Waals surface area (Å²) in [5, 5.41) is 3.30. The third-order valence-electron chi connectivity index (χ3n) is 1.52. The van der Waals surface area contributed by atoms with Gasteiger partial charge in [-0.25, -0.2) is 0 Å². The molecule has 5 nitrogen and oxygen atoms in total. The van der Waals surface area contributed by atoms with Gasteiger partial charge in [-0.1, -0.05) is 29.1 Å². The molecule has 1 rings (SSSR count). The van der Waals surface area contributed by atoms with Crippen LogP contribution in [0, 0.1) is 11.8 Å². The first-order valence-corrected chi connectivity index (χ1v) is 3.94. The van der Waals surface area contributed by atoms with Gasteiger partial charge < -0.3 is 5.43 Å². The van der Waals surface area contributed by atoms with Crippen LogP contribution in [0.5, 0.6) is 0 Å². The number of anilines is 1. The fourth-order valence-corrected chi connectivity index (χ4v) is 0.920. The number of nitrogens with one attached hydrogen (secondary N) is 1. The highest BCUT2D eigenvalue weighted by molar-refractivity contribution is 5.58. The van der Waals surface area contributed by atoms with E-state index in [4.69, 9.17) is 11.4 Å². The summed E-state index contributed by atoms with van der Waals surface area (Å²) in [5.74, 6) is 10.8. The normalized spacial score (nSPS) is 8.07. The number of hydrogen-bond donors (Lipinski definition) is 2. The molecular weight excluding hydrogens is 178 g/mol. The Kier molecular flexibility index (Phi) is 3.89. The second kappa shape index (κ2) is 5.49. The standard InChI is InChI=1S/C9H9N5/c10-13-9-6-2-1-4-8(9)5-3-7-12-14-11/h1-2,4,6,13H,7,10H2. The number of hydrogen-bond acceptors (Lipinski definition) is 3. The lowest BCUT2D eigenvalue weighted by Gasteiger charge is -2.00. The maximum absolute atomic E-state index is 8.02. The summed E-state index contributed by atoms with van der Waals surface area (Å²) in [4.78, 5) is 2.59. The molecule has 0 bridgehead atoms. The van der Waals surface area contributed by atoms with Crippen LogP contribution in [0.15, 0.2) is 29.4 Å². The van der Waals surface area contributed by atoms with Gasteiger partial charge in [0.15, 0.2) is 0 Å². The molecule has 3 N–H and O–H groups in total. The number of nitrogens with zero attached hydrogens (tertiary/aromatic N) is 3. The van der Waals surface area contributed by atoms with Crippen molar-refractivity contribution in [2.45, 2.75) is 0 Å². The second-order valence-electron chi connectivity index (χ2n) is 2.38. The molecule has 0 heterocycles. The number of para-hydroxylation sites is 1. The van der Waals surface area contributed by atoms with Crippen molar-refractivity contribution in [1.29, 1.82) is 0 Å². The average molecular weight is 187 g/mol. The van der Waals surface area contributed by atoms with Crippen molar-refractivity contribution in [3.05, 3.63) is 40.3 Å². The van der Waals surface area contributed by atoms with Gasteiger partial charge in [0, 0.05) is 10.5 Å². The van der Waals surface area contributed by atoms with E-state index in [1.807, 2.05) is 24.3 Å². The van der Waals surface area contributed by atoms with Gasteiger partial charge in [-0.05, 0) is 17.7 Å². The average Bonchev–Trinajstić information content (AvgIpc) is 2.25. The molecule has 0 spiro atoms. The van der Waals surface area contributed by atoms with E-state index in [0.717, 1.165) is 11.3 Å². The number of rotatable bonds is 2. The summed E-state index contributed by atoms with van der Waals surface area (Å²) in [6.07, 6.45) is 0. The Hall–Kier alpha value is -2.15. The van der Waals surface area contributed by atoms with Crippen molar-refractivity contribution in [2.24, 2.45) is 11.0 Å². The number of nitrogen functional groups attached to an aromatic ring is 1. The minimum atomic E-state index is 0.162. The topological polar surface area (TPSA) is 86.8 Å². The number of benzene rings is 1. The summed E-state index contributed by atoms with van der Waals surface area (Å²) in [6, 6.07) is 7.36. The Labute approximate surface area is 81.5 Å². The highest BCUT2D eigenvalue weighted by Crippen LogP contribution is 2.11. The van der Waals surface area contributed by atoms with Crippen molar-refractivity contribution in [3.63, 3.8) is 0 Å². The molecule has 14 heavy (non-hydrogen) atoms. The van der Waals surface area contributed by atoms with E-state index >= 15 is 0 Å². The largest absolute Gasteiger partial charge is 0.323 e. The molecule has 0 aromatic heterocycles. The van der Waals surface area contributed by atoms with Crippen molar-refractivity contribution in [1.82, 2.24) is 0 Å². The van der Waals surface area contributed by atoms with Crippen LogP contribution in [0.2, 0.25) is 0 Å². The third-order valence-corrected chi connectivity index (χ3v) is 1.52. The molecule has 70 valence electrons. The van der Waals surface area contributed by atoms with E-state index in [2.05, 4.69) is 27.3 Å². The molecule has 0 amide bonds. The van der Waals surface area contributed by atoms with Crippen LogP contribution in [-0.2, 0) is 0 Å². The summed E-state index contributed by atoms with van der Waals surface area (Å²) < 4.78 is 0. The molecule has 0 fully saturated rings. The van der Waals surface area contributed by atoms with E-state index < -0.39 is 0 Å². The van der Waals surface area contributed by atoms with Crippen molar-refractivity contribution >= 4 is 5.69 Å². The summed E-state index contributed by atoms with van der Waals surface area (Å²) in [5.41, 5.74) is 12.1. The van der Waals surface area contributed by atoms with Gasteiger partial charge in [0.2, 0.25) is 0 Å². The molecule has 0 aliphatic rings. The fraction of sp³-hybridized carbons (Fsp3) is 0.111. The smallest absolute Gasteiger partial charge is 0.0880 e. The number of azide groups is 1. The molecular formula is C9H9N5. The van der Waals surface area contributed by atoms with E-state index in [-0.39, 0.29) is 6.54 Å². The predicted molar refractivity (Wildman–Crippen MR) is 55.1 cm³/mol. The molecule has 0 aliphatic heterocycles. The first-order chi connectivity index (χ1) is 6.88. The van der Waals surface area contributed by atoms with Crippen molar-refractivity contribution in [2.75, 3.05) is 12.0 Å². The molecule has 5 heteroatoms. The van der Waals surface area contributed by atoms with E-state index in [9.17, 15) is 0 Å². The van der Waals surface area contributed by atoms with E-state index in [1.165, 1.54) is 0 Å². The molecule has 0 atom stereocenters. The van der Waals surface area contributed by atoms with Gasteiger partial charge in [-0.3, -0.25) is 5.84 Å². The molecule has 0 aliphatic carbocycles. The van der Waals surface area contributed by atoms with Crippen LogP contribution in [0.4, 0.5) is 5.69 Å². The monoisotopic (exact) mass is 187 g/mol. The Bertz CT molecular complexity index is 409. The third kappa shape index (κ3) is 2.72. The quantitative estimate of drug-likeness (QED) is 0.184. The number of hydrazine groups is 1. The van der Waals surface area contributed by atoms with Crippen LogP contribution >= 0.6 is 0 Å². The molecule has 0 saturated heterocycles. The van der Waals surface area contributed by atoms with Gasteiger partial charge >= 0.3 is 0 Å². The highest BCUT2D eigenvalue weighted by Gasteiger charge is 1.93. The fourth-order valence-electron chi connectivity index (χ4n) is 0.920. The lowest BCUT2D eigenvalue weighted by atomic mass is 10.2. The SMILES string of the molecule is [N-]=[N+]=NCC#Cc1ccccc1NN. The summed E-state index contributed by atoms with van der Waals surface area (Å²) in [7, 11) is 0. The van der Waals surface area contributed by atoms with Gasteiger partial charge in [-0.15, -0.1) is 0 Å². The van der Waals surface area contributed by atoms with Crippen LogP contribution in [0.1, 0.15) is 5.56 Å². The Morgan fingerprint density at radius 2 is 2.29 bits per heavy atom. The van der Waals surface area contributed by atoms with Crippen LogP contribution in [0.3, 0.4) is 0 Å². The molecule has 1 aromatic rings. The van der Waals surface area contributed by atoms with E-state index in [0.29, 0.717) is 0 Å². The molecule has 1 aromatic carbocycles. The minimum absolute atomic E-state index is 0.162. The Morgan fingerprint density at radius 1 is 1.50 bits per heavy atom. The number of nitrogens with two attached hydrogens (primary N) is 1. The summed E-state index contributed by atoms with van der Waals surface area (Å²) >= 11 is 0. The molecule has 0 radical (unpaired) electrons. The second-order valence-corrected chi connectivity index (χ2v) is 2.38. The maximum Gasteiger partial charge on any atom is 0.0880 e. The minimum Gasteiger partial charge on any atom is -0.323 e. The van der Waals surface area contributed by atoms with Crippen LogP contribution in [-0.4, -0.2) is 6.54 Å². The lowest BCUT2D eigenvalue weighted by Crippen LogP contribution is -2.07. The Morgan fingerprint density at radius 3 is 3.00 bits per heavy atom. The zero-order chi connectivity index (χ0) is 10.2. The molecule has 0 saturated carbocycles. The molecule has 0 unspecified atom stereocenters. The lowest BCUT2D eigenvalue weighted by molar-refractivity contribution is 1.25. The first-order valence-electron chi connectivity index (χ1n) is 3.94. The first kappa shape index (κ1) is 9.93. The van der Waals surface area contributed by atoms with Gasteiger partial charge in [0.1, 0.15) is 0 Å². The maximum atomic E-state index is 8.02. The van der Waals surface area contributed by atoms with E-state index in [1.54, 1.807) is 0 Å². The van der Waals surface area contributed by atoms with Gasteiger partial charge in [0.05, 0.1) is 12.2 Å². The highest BCUT2D eigenvalue weighted by atomic mass is 15.2. The van der Waals surface area contributed by atoms with Gasteiger partial charge in [-0.2, -0.15) is 0 Å². The van der Waals surface area contributed by atoms with Gasteiger partial charge in [0.25, 0.3) is 0 Å². The Balaban J connectivity index is 2.82. The summed E-state index contributed by atoms with van der Waals surface area (Å²) in [6.45, 7) is 0.162.